The number of hydrogen-bond acceptors (Lipinski definition) is 3. The fourth-order valence-electron chi connectivity index (χ4n) is 4.09. The van der Waals surface area contributed by atoms with E-state index in [4.69, 9.17) is 0 Å². The van der Waals surface area contributed by atoms with Crippen LogP contribution >= 0.6 is 0 Å². The third-order valence-corrected chi connectivity index (χ3v) is 5.71. The lowest BCUT2D eigenvalue weighted by molar-refractivity contribution is 0.0771. The SMILES string of the molecule is CN(C)C1CN(C(=O)c2cc(-c3ccccc3)nn2C)CC1c1ccc(F)cc1. The molecular formula is C23H25FN4O. The van der Waals surface area contributed by atoms with Crippen molar-refractivity contribution in [3.63, 3.8) is 0 Å². The van der Waals surface area contributed by atoms with Crippen molar-refractivity contribution in [2.45, 2.75) is 12.0 Å². The van der Waals surface area contributed by atoms with Crippen LogP contribution in [0.5, 0.6) is 0 Å². The predicted molar refractivity (Wildman–Crippen MR) is 111 cm³/mol. The first kappa shape index (κ1) is 19.3. The molecule has 0 bridgehead atoms. The molecule has 0 N–H and O–H groups in total. The van der Waals surface area contributed by atoms with Gasteiger partial charge in [-0.2, -0.15) is 5.10 Å². The first-order valence-corrected chi connectivity index (χ1v) is 9.74. The van der Waals surface area contributed by atoms with Gasteiger partial charge < -0.3 is 9.80 Å². The van der Waals surface area contributed by atoms with Crippen molar-refractivity contribution >= 4 is 5.91 Å². The number of rotatable bonds is 4. The van der Waals surface area contributed by atoms with Crippen LogP contribution in [0.15, 0.2) is 60.7 Å². The molecule has 3 aromatic rings. The number of likely N-dealkylation sites (N-methyl/N-ethyl adjacent to an activating group) is 1. The van der Waals surface area contributed by atoms with E-state index in [1.807, 2.05) is 67.5 Å². The van der Waals surface area contributed by atoms with Crippen molar-refractivity contribution in [3.05, 3.63) is 77.7 Å². The highest BCUT2D eigenvalue weighted by atomic mass is 19.1. The van der Waals surface area contributed by atoms with E-state index in [1.165, 1.54) is 12.1 Å². The molecule has 4 rings (SSSR count). The number of halogens is 1. The van der Waals surface area contributed by atoms with Gasteiger partial charge in [-0.1, -0.05) is 42.5 Å². The van der Waals surface area contributed by atoms with Crippen LogP contribution in [-0.2, 0) is 7.05 Å². The summed E-state index contributed by atoms with van der Waals surface area (Å²) in [6.07, 6.45) is 0. The second kappa shape index (κ2) is 7.79. The maximum Gasteiger partial charge on any atom is 0.272 e. The zero-order valence-electron chi connectivity index (χ0n) is 16.9. The van der Waals surface area contributed by atoms with Gasteiger partial charge in [0, 0.05) is 37.7 Å². The van der Waals surface area contributed by atoms with Crippen molar-refractivity contribution in [1.82, 2.24) is 19.6 Å². The molecule has 0 aliphatic carbocycles. The summed E-state index contributed by atoms with van der Waals surface area (Å²) in [5.74, 6) is -0.139. The number of benzene rings is 2. The van der Waals surface area contributed by atoms with E-state index in [2.05, 4.69) is 10.00 Å². The Morgan fingerprint density at radius 3 is 2.41 bits per heavy atom. The molecule has 1 fully saturated rings. The second-order valence-electron chi connectivity index (χ2n) is 7.80. The van der Waals surface area contributed by atoms with Gasteiger partial charge in [0.05, 0.1) is 5.69 Å². The Kier molecular flexibility index (Phi) is 5.20. The Labute approximate surface area is 170 Å². The number of hydrogen-bond donors (Lipinski definition) is 0. The Morgan fingerprint density at radius 2 is 1.76 bits per heavy atom. The van der Waals surface area contributed by atoms with E-state index in [0.29, 0.717) is 18.8 Å². The molecule has 1 amide bonds. The molecule has 5 nitrogen and oxygen atoms in total. The van der Waals surface area contributed by atoms with Crippen LogP contribution in [0, 0.1) is 5.82 Å². The molecule has 6 heteroatoms. The third-order valence-electron chi connectivity index (χ3n) is 5.71. The first-order valence-electron chi connectivity index (χ1n) is 9.74. The lowest BCUT2D eigenvalue weighted by Crippen LogP contribution is -2.36. The zero-order chi connectivity index (χ0) is 20.5. The topological polar surface area (TPSA) is 41.4 Å². The van der Waals surface area contributed by atoms with Gasteiger partial charge in [0.15, 0.2) is 0 Å². The van der Waals surface area contributed by atoms with E-state index < -0.39 is 0 Å². The highest BCUT2D eigenvalue weighted by Crippen LogP contribution is 2.31. The Balaban J connectivity index is 1.59. The summed E-state index contributed by atoms with van der Waals surface area (Å²) in [6, 6.07) is 18.5. The number of nitrogens with zero attached hydrogens (tertiary/aromatic N) is 4. The van der Waals surface area contributed by atoms with Crippen molar-refractivity contribution < 1.29 is 9.18 Å². The molecule has 1 aromatic heterocycles. The number of carbonyl (C=O) groups is 1. The molecule has 0 radical (unpaired) electrons. The Bertz CT molecular complexity index is 997. The summed E-state index contributed by atoms with van der Waals surface area (Å²) in [5.41, 5.74) is 3.39. The van der Waals surface area contributed by atoms with Crippen LogP contribution in [0.4, 0.5) is 4.39 Å². The van der Waals surface area contributed by atoms with Crippen LogP contribution in [0.1, 0.15) is 22.0 Å². The lowest BCUT2D eigenvalue weighted by Gasteiger charge is -2.25. The zero-order valence-corrected chi connectivity index (χ0v) is 16.9. The van der Waals surface area contributed by atoms with E-state index >= 15 is 0 Å². The second-order valence-corrected chi connectivity index (χ2v) is 7.80. The Morgan fingerprint density at radius 1 is 1.07 bits per heavy atom. The Hall–Kier alpha value is -2.99. The van der Waals surface area contributed by atoms with E-state index in [9.17, 15) is 9.18 Å². The standard InChI is InChI=1S/C23H25FN4O/c1-26(2)22-15-28(14-19(22)16-9-11-18(24)12-10-16)23(29)21-13-20(25-27(21)3)17-7-5-4-6-8-17/h4-13,19,22H,14-15H2,1-3H3. The monoisotopic (exact) mass is 392 g/mol. The summed E-state index contributed by atoms with van der Waals surface area (Å²) in [4.78, 5) is 17.3. The van der Waals surface area contributed by atoms with Gasteiger partial charge >= 0.3 is 0 Å². The van der Waals surface area contributed by atoms with Gasteiger partial charge in [0.25, 0.3) is 5.91 Å². The van der Waals surface area contributed by atoms with E-state index in [0.717, 1.165) is 16.8 Å². The lowest BCUT2D eigenvalue weighted by atomic mass is 9.94. The van der Waals surface area contributed by atoms with Crippen LogP contribution in [0.25, 0.3) is 11.3 Å². The first-order chi connectivity index (χ1) is 13.9. The highest BCUT2D eigenvalue weighted by Gasteiger charge is 2.38. The quantitative estimate of drug-likeness (QED) is 0.683. The van der Waals surface area contributed by atoms with Gasteiger partial charge in [-0.15, -0.1) is 0 Å². The van der Waals surface area contributed by atoms with Gasteiger partial charge in [-0.3, -0.25) is 9.48 Å². The normalized spacial score (nSPS) is 19.1. The summed E-state index contributed by atoms with van der Waals surface area (Å²) in [6.45, 7) is 1.22. The average Bonchev–Trinajstić information content (AvgIpc) is 3.33. The molecule has 1 saturated heterocycles. The summed E-state index contributed by atoms with van der Waals surface area (Å²) in [7, 11) is 5.84. The van der Waals surface area contributed by atoms with Crippen molar-refractivity contribution in [1.29, 1.82) is 0 Å². The number of carbonyl (C=O) groups excluding carboxylic acids is 1. The van der Waals surface area contributed by atoms with Crippen LogP contribution in [0.3, 0.4) is 0 Å². The fraction of sp³-hybridized carbons (Fsp3) is 0.304. The van der Waals surface area contributed by atoms with Gasteiger partial charge in [0.1, 0.15) is 11.5 Å². The fourth-order valence-corrected chi connectivity index (χ4v) is 4.09. The van der Waals surface area contributed by atoms with Crippen molar-refractivity contribution in [2.75, 3.05) is 27.2 Å². The molecule has 0 saturated carbocycles. The maximum atomic E-state index is 13.4. The molecular weight excluding hydrogens is 367 g/mol. The minimum absolute atomic E-state index is 0.0290. The molecule has 0 spiro atoms. The number of aryl methyl sites for hydroxylation is 1. The highest BCUT2D eigenvalue weighted by molar-refractivity contribution is 5.94. The molecule has 2 heterocycles. The van der Waals surface area contributed by atoms with Crippen LogP contribution < -0.4 is 0 Å². The summed E-state index contributed by atoms with van der Waals surface area (Å²) >= 11 is 0. The van der Waals surface area contributed by atoms with Crippen LogP contribution in [0.2, 0.25) is 0 Å². The van der Waals surface area contributed by atoms with Crippen molar-refractivity contribution in [3.8, 4) is 11.3 Å². The molecule has 1 aliphatic heterocycles. The maximum absolute atomic E-state index is 13.4. The van der Waals surface area contributed by atoms with Gasteiger partial charge in [-0.25, -0.2) is 4.39 Å². The number of aromatic nitrogens is 2. The molecule has 150 valence electrons. The molecule has 2 atom stereocenters. The van der Waals surface area contributed by atoms with Gasteiger partial charge in [0.2, 0.25) is 0 Å². The number of likely N-dealkylation sites (tertiary alicyclic amines) is 1. The largest absolute Gasteiger partial charge is 0.335 e. The van der Waals surface area contributed by atoms with E-state index in [-0.39, 0.29) is 23.7 Å². The summed E-state index contributed by atoms with van der Waals surface area (Å²) in [5, 5.41) is 4.53. The third kappa shape index (κ3) is 3.80. The average molecular weight is 392 g/mol. The molecule has 2 unspecified atom stereocenters. The number of amides is 1. The molecule has 29 heavy (non-hydrogen) atoms. The molecule has 2 aromatic carbocycles. The predicted octanol–water partition coefficient (Wildman–Crippen LogP) is 3.40. The van der Waals surface area contributed by atoms with Gasteiger partial charge in [-0.05, 0) is 37.9 Å². The molecule has 1 aliphatic rings. The minimum atomic E-state index is -0.246. The minimum Gasteiger partial charge on any atom is -0.335 e. The van der Waals surface area contributed by atoms with E-state index in [1.54, 1.807) is 11.7 Å². The van der Waals surface area contributed by atoms with Crippen LogP contribution in [-0.4, -0.2) is 58.7 Å². The van der Waals surface area contributed by atoms with Crippen molar-refractivity contribution in [2.24, 2.45) is 7.05 Å². The smallest absolute Gasteiger partial charge is 0.272 e. The summed E-state index contributed by atoms with van der Waals surface area (Å²) < 4.78 is 15.0.